The molecule has 1 fully saturated rings. The van der Waals surface area contributed by atoms with Gasteiger partial charge in [-0.25, -0.2) is 0 Å². The van der Waals surface area contributed by atoms with Crippen molar-refractivity contribution in [1.29, 1.82) is 0 Å². The van der Waals surface area contributed by atoms with Crippen LogP contribution in [0, 0.1) is 0 Å². The van der Waals surface area contributed by atoms with E-state index < -0.39 is 0 Å². The largest absolute Gasteiger partial charge is 0.464 e. The van der Waals surface area contributed by atoms with Gasteiger partial charge in [-0.05, 0) is 26.0 Å². The van der Waals surface area contributed by atoms with Crippen LogP contribution < -0.4 is 0 Å². The van der Waals surface area contributed by atoms with E-state index in [9.17, 15) is 4.79 Å². The third kappa shape index (κ3) is 1.95. The summed E-state index contributed by atoms with van der Waals surface area (Å²) in [6.07, 6.45) is 5.31. The normalized spacial score (nSPS) is 16.1. The molecule has 0 N–H and O–H groups in total. The summed E-state index contributed by atoms with van der Waals surface area (Å²) < 4.78 is 5.41. The molecule has 0 radical (unpaired) electrons. The van der Waals surface area contributed by atoms with Gasteiger partial charge in [0.25, 0.3) is 0 Å². The quantitative estimate of drug-likeness (QED) is 0.774. The number of carbonyl (C=O) groups is 1. The van der Waals surface area contributed by atoms with Crippen LogP contribution in [0.4, 0.5) is 0 Å². The summed E-state index contributed by atoms with van der Waals surface area (Å²) >= 11 is 0. The number of nitrogens with zero attached hydrogens (tertiary/aromatic N) is 1. The molecule has 0 atom stereocenters. The number of rotatable bonds is 4. The van der Waals surface area contributed by atoms with Gasteiger partial charge in [-0.15, -0.1) is 0 Å². The average Bonchev–Trinajstić information content (AvgIpc) is 2.69. The van der Waals surface area contributed by atoms with Gasteiger partial charge in [0.05, 0.1) is 12.1 Å². The van der Waals surface area contributed by atoms with Crippen LogP contribution in [0.5, 0.6) is 0 Å². The van der Waals surface area contributed by atoms with Crippen LogP contribution in [0.1, 0.15) is 29.6 Å². The van der Waals surface area contributed by atoms with Crippen molar-refractivity contribution in [3.8, 4) is 0 Å². The van der Waals surface area contributed by atoms with Crippen LogP contribution in [-0.4, -0.2) is 30.3 Å². The Morgan fingerprint density at radius 3 is 2.89 bits per heavy atom. The Hall–Kier alpha value is -1.61. The zero-order valence-corrected chi connectivity index (χ0v) is 10.6. The average molecular weight is 243 g/mol. The fraction of sp³-hybridized carbons (Fsp3) is 0.400. The zero-order valence-electron chi connectivity index (χ0n) is 10.6. The lowest BCUT2D eigenvalue weighted by molar-refractivity contribution is 0.0871. The Morgan fingerprint density at radius 2 is 2.17 bits per heavy atom. The second-order valence-electron chi connectivity index (χ2n) is 5.07. The Balaban J connectivity index is 1.79. The first-order valence-corrected chi connectivity index (χ1v) is 6.45. The van der Waals surface area contributed by atoms with Crippen molar-refractivity contribution in [2.24, 2.45) is 0 Å². The Labute approximate surface area is 106 Å². The third-order valence-corrected chi connectivity index (χ3v) is 3.87. The molecule has 0 spiro atoms. The highest BCUT2D eigenvalue weighted by Crippen LogP contribution is 2.25. The molecule has 0 amide bonds. The van der Waals surface area contributed by atoms with Gasteiger partial charge < -0.3 is 4.42 Å². The van der Waals surface area contributed by atoms with Crippen LogP contribution in [0.2, 0.25) is 0 Å². The summed E-state index contributed by atoms with van der Waals surface area (Å²) in [4.78, 5) is 14.4. The number of carbonyl (C=O) groups excluding carboxylic acids is 1. The maximum absolute atomic E-state index is 12.3. The van der Waals surface area contributed by atoms with Gasteiger partial charge in [0.15, 0.2) is 5.78 Å². The molecule has 3 rings (SSSR count). The van der Waals surface area contributed by atoms with Crippen LogP contribution in [0.3, 0.4) is 0 Å². The van der Waals surface area contributed by atoms with Gasteiger partial charge >= 0.3 is 0 Å². The molecule has 1 heterocycles. The molecule has 2 aromatic rings. The number of benzene rings is 1. The smallest absolute Gasteiger partial charge is 0.180 e. The molecular formula is C15H17NO2. The van der Waals surface area contributed by atoms with Gasteiger partial charge in [0.1, 0.15) is 11.8 Å². The van der Waals surface area contributed by atoms with Gasteiger partial charge in [-0.3, -0.25) is 9.69 Å². The Morgan fingerprint density at radius 1 is 1.39 bits per heavy atom. The highest BCUT2D eigenvalue weighted by Gasteiger charge is 2.24. The molecule has 1 aliphatic carbocycles. The number of likely N-dealkylation sites (N-methyl/N-ethyl adjacent to an activating group) is 1. The molecule has 0 saturated heterocycles. The van der Waals surface area contributed by atoms with Gasteiger partial charge in [0.2, 0.25) is 0 Å². The van der Waals surface area contributed by atoms with E-state index in [-0.39, 0.29) is 5.78 Å². The van der Waals surface area contributed by atoms with Crippen molar-refractivity contribution in [2.75, 3.05) is 13.6 Å². The van der Waals surface area contributed by atoms with E-state index in [1.807, 2.05) is 31.3 Å². The van der Waals surface area contributed by atoms with Crippen molar-refractivity contribution < 1.29 is 9.21 Å². The predicted octanol–water partition coefficient (Wildman–Crippen LogP) is 3.10. The lowest BCUT2D eigenvalue weighted by Gasteiger charge is -2.34. The number of para-hydroxylation sites is 1. The zero-order chi connectivity index (χ0) is 12.5. The first-order chi connectivity index (χ1) is 8.75. The molecule has 94 valence electrons. The standard InChI is InChI=1S/C15H17NO2/c1-16(11-5-4-6-11)9-14(17)13-10-18-15-8-3-2-7-12(13)15/h2-3,7-8,10-11H,4-6,9H2,1H3. The first-order valence-electron chi connectivity index (χ1n) is 6.45. The van der Waals surface area contributed by atoms with Crippen molar-refractivity contribution >= 4 is 16.8 Å². The summed E-state index contributed by atoms with van der Waals surface area (Å²) in [5.74, 6) is 0.148. The van der Waals surface area contributed by atoms with Crippen molar-refractivity contribution in [3.63, 3.8) is 0 Å². The Kier molecular flexibility index (Phi) is 2.92. The molecule has 1 aromatic carbocycles. The maximum atomic E-state index is 12.3. The third-order valence-electron chi connectivity index (χ3n) is 3.87. The molecule has 3 nitrogen and oxygen atoms in total. The highest BCUT2D eigenvalue weighted by atomic mass is 16.3. The SMILES string of the molecule is CN(CC(=O)c1coc2ccccc12)C1CCC1. The maximum Gasteiger partial charge on any atom is 0.180 e. The van der Waals surface area contributed by atoms with E-state index in [2.05, 4.69) is 4.90 Å². The molecule has 1 aliphatic rings. The van der Waals surface area contributed by atoms with E-state index >= 15 is 0 Å². The van der Waals surface area contributed by atoms with Crippen molar-refractivity contribution in [3.05, 3.63) is 36.1 Å². The Bertz CT molecular complexity index is 569. The van der Waals surface area contributed by atoms with Gasteiger partial charge in [-0.2, -0.15) is 0 Å². The van der Waals surface area contributed by atoms with E-state index in [1.54, 1.807) is 6.26 Å². The summed E-state index contributed by atoms with van der Waals surface area (Å²) in [5, 5.41) is 0.921. The topological polar surface area (TPSA) is 33.5 Å². The van der Waals surface area contributed by atoms with Crippen LogP contribution in [0.25, 0.3) is 11.0 Å². The van der Waals surface area contributed by atoms with E-state index in [0.717, 1.165) is 11.0 Å². The number of hydrogen-bond donors (Lipinski definition) is 0. The monoisotopic (exact) mass is 243 g/mol. The number of ketones is 1. The highest BCUT2D eigenvalue weighted by molar-refractivity contribution is 6.08. The minimum atomic E-state index is 0.148. The minimum Gasteiger partial charge on any atom is -0.464 e. The van der Waals surface area contributed by atoms with Crippen molar-refractivity contribution in [2.45, 2.75) is 25.3 Å². The number of furan rings is 1. The molecule has 1 saturated carbocycles. The molecule has 1 aromatic heterocycles. The summed E-state index contributed by atoms with van der Waals surface area (Å²) in [5.41, 5.74) is 1.49. The van der Waals surface area contributed by atoms with Crippen molar-refractivity contribution in [1.82, 2.24) is 4.90 Å². The number of fused-ring (bicyclic) bond motifs is 1. The fourth-order valence-corrected chi connectivity index (χ4v) is 2.46. The lowest BCUT2D eigenvalue weighted by atomic mass is 9.91. The minimum absolute atomic E-state index is 0.148. The van der Waals surface area contributed by atoms with E-state index in [4.69, 9.17) is 4.42 Å². The number of Topliss-reactive ketones (excluding diaryl/α,β-unsaturated/α-hetero) is 1. The molecule has 18 heavy (non-hydrogen) atoms. The first kappa shape index (κ1) is 11.5. The van der Waals surface area contributed by atoms with E-state index in [1.165, 1.54) is 19.3 Å². The molecule has 0 bridgehead atoms. The molecule has 0 aliphatic heterocycles. The van der Waals surface area contributed by atoms with Crippen LogP contribution >= 0.6 is 0 Å². The second kappa shape index (κ2) is 4.58. The number of hydrogen-bond acceptors (Lipinski definition) is 3. The summed E-state index contributed by atoms with van der Waals surface area (Å²) in [7, 11) is 2.03. The summed E-state index contributed by atoms with van der Waals surface area (Å²) in [6.45, 7) is 0.480. The lowest BCUT2D eigenvalue weighted by Crippen LogP contribution is -2.40. The fourth-order valence-electron chi connectivity index (χ4n) is 2.46. The summed E-state index contributed by atoms with van der Waals surface area (Å²) in [6, 6.07) is 8.27. The molecule has 0 unspecified atom stereocenters. The van der Waals surface area contributed by atoms with Gasteiger partial charge in [0, 0.05) is 11.4 Å². The second-order valence-corrected chi connectivity index (χ2v) is 5.07. The predicted molar refractivity (Wildman–Crippen MR) is 70.8 cm³/mol. The van der Waals surface area contributed by atoms with E-state index in [0.29, 0.717) is 18.2 Å². The molecular weight excluding hydrogens is 226 g/mol. The van der Waals surface area contributed by atoms with Gasteiger partial charge in [-0.1, -0.05) is 24.6 Å². The molecule has 3 heteroatoms. The van der Waals surface area contributed by atoms with Crippen LogP contribution in [-0.2, 0) is 0 Å². The van der Waals surface area contributed by atoms with Crippen LogP contribution in [0.15, 0.2) is 34.9 Å².